The maximum atomic E-state index is 9.49. The Hall–Kier alpha value is -3.99. The van der Waals surface area contributed by atoms with E-state index in [1.54, 1.807) is 29.5 Å². The molecule has 3 aromatic heterocycles. The lowest BCUT2D eigenvalue weighted by atomic mass is 10.1. The predicted molar refractivity (Wildman–Crippen MR) is 138 cm³/mol. The van der Waals surface area contributed by atoms with E-state index in [4.69, 9.17) is 10.8 Å². The van der Waals surface area contributed by atoms with E-state index in [0.29, 0.717) is 16.9 Å². The van der Waals surface area contributed by atoms with Crippen LogP contribution in [0.4, 0.5) is 28.3 Å². The summed E-state index contributed by atoms with van der Waals surface area (Å²) >= 11 is 3.02. The molecular weight excluding hydrogens is 454 g/mol. The number of thiazole rings is 1. The summed E-state index contributed by atoms with van der Waals surface area (Å²) < 4.78 is 0.950. The molecule has 5 aromatic rings. The summed E-state index contributed by atoms with van der Waals surface area (Å²) in [5, 5.41) is 20.7. The molecule has 10 heteroatoms. The Kier molecular flexibility index (Phi) is 5.61. The third-order valence-electron chi connectivity index (χ3n) is 4.88. The Balaban J connectivity index is 1.44. The second-order valence-electron chi connectivity index (χ2n) is 7.02. The summed E-state index contributed by atoms with van der Waals surface area (Å²) in [5.41, 5.74) is 7.74. The number of nitrogens with two attached hydrogens (primary N) is 1. The largest absolute Gasteiger partial charge is 0.508 e. The summed E-state index contributed by atoms with van der Waals surface area (Å²) in [6.07, 6.45) is 1.74. The lowest BCUT2D eigenvalue weighted by Crippen LogP contribution is -2.08. The van der Waals surface area contributed by atoms with E-state index in [1.165, 1.54) is 11.3 Å². The molecule has 0 unspecified atom stereocenters. The Labute approximate surface area is 197 Å². The highest BCUT2D eigenvalue weighted by Crippen LogP contribution is 2.33. The van der Waals surface area contributed by atoms with Crippen molar-refractivity contribution < 1.29 is 5.11 Å². The number of thiophene rings is 1. The highest BCUT2D eigenvalue weighted by molar-refractivity contribution is 7.17. The maximum absolute atomic E-state index is 9.49. The van der Waals surface area contributed by atoms with Crippen LogP contribution in [0.5, 0.6) is 5.75 Å². The number of rotatable bonds is 7. The van der Waals surface area contributed by atoms with Crippen molar-refractivity contribution in [2.75, 3.05) is 16.1 Å². The van der Waals surface area contributed by atoms with E-state index in [1.807, 2.05) is 47.2 Å². The molecule has 164 valence electrons. The van der Waals surface area contributed by atoms with Crippen molar-refractivity contribution in [3.63, 3.8) is 0 Å². The summed E-state index contributed by atoms with van der Waals surface area (Å²) in [7, 11) is 0. The zero-order valence-corrected chi connectivity index (χ0v) is 18.9. The molecule has 3 heterocycles. The monoisotopic (exact) mass is 473 g/mol. The molecule has 0 aliphatic rings. The molecule has 0 aliphatic heterocycles. The van der Waals surface area contributed by atoms with Crippen LogP contribution in [-0.2, 0) is 0 Å². The van der Waals surface area contributed by atoms with Gasteiger partial charge in [0.1, 0.15) is 5.75 Å². The molecule has 5 rings (SSSR count). The van der Waals surface area contributed by atoms with Crippen LogP contribution < -0.4 is 21.9 Å². The summed E-state index contributed by atoms with van der Waals surface area (Å²) in [6.45, 7) is 3.84. The average Bonchev–Trinajstić information content (AvgIpc) is 3.49. The van der Waals surface area contributed by atoms with Gasteiger partial charge in [-0.25, -0.2) is 9.97 Å². The van der Waals surface area contributed by atoms with Crippen LogP contribution in [0.1, 0.15) is 5.56 Å². The second-order valence-corrected chi connectivity index (χ2v) is 8.79. The number of hydrogen-bond acceptors (Lipinski definition) is 10. The number of aromatic nitrogens is 3. The van der Waals surface area contributed by atoms with Crippen LogP contribution >= 0.6 is 22.7 Å². The SMILES string of the molecule is C=Cc1cc(Nc2nc(Nc3nc(-c4ccc(O)cc4)cs3)nc3ccsc23)ccc1NN. The van der Waals surface area contributed by atoms with Gasteiger partial charge >= 0.3 is 0 Å². The number of nitrogens with one attached hydrogen (secondary N) is 3. The lowest BCUT2D eigenvalue weighted by Gasteiger charge is -2.11. The molecule has 0 radical (unpaired) electrons. The minimum Gasteiger partial charge on any atom is -0.508 e. The van der Waals surface area contributed by atoms with Crippen molar-refractivity contribution in [1.29, 1.82) is 0 Å². The molecule has 0 fully saturated rings. The van der Waals surface area contributed by atoms with Crippen LogP contribution in [0.15, 0.2) is 65.9 Å². The number of nitrogens with zero attached hydrogens (tertiary/aromatic N) is 3. The van der Waals surface area contributed by atoms with E-state index >= 15 is 0 Å². The van der Waals surface area contributed by atoms with Crippen molar-refractivity contribution in [2.45, 2.75) is 0 Å². The molecule has 0 spiro atoms. The first kappa shape index (κ1) is 20.9. The fourth-order valence-corrected chi connectivity index (χ4v) is 4.76. The van der Waals surface area contributed by atoms with Crippen molar-refractivity contribution >= 4 is 67.2 Å². The first-order chi connectivity index (χ1) is 16.1. The topological polar surface area (TPSA) is 121 Å². The van der Waals surface area contributed by atoms with Gasteiger partial charge < -0.3 is 15.8 Å². The van der Waals surface area contributed by atoms with Gasteiger partial charge in [0.25, 0.3) is 0 Å². The van der Waals surface area contributed by atoms with Crippen LogP contribution in [0, 0.1) is 0 Å². The zero-order valence-electron chi connectivity index (χ0n) is 17.2. The first-order valence-corrected chi connectivity index (χ1v) is 11.7. The zero-order chi connectivity index (χ0) is 22.8. The standard InChI is InChI=1S/C23H19N7OS2/c1-2-13-11-15(5-8-17(13)30-24)25-21-20-18(9-10-32-20)26-22(28-21)29-23-27-19(12-33-23)14-3-6-16(31)7-4-14/h2-12,30-31H,1,24H2,(H2,25,26,27,28,29). The number of phenols is 1. The van der Waals surface area contributed by atoms with E-state index in [0.717, 1.165) is 38.4 Å². The van der Waals surface area contributed by atoms with E-state index in [9.17, 15) is 5.11 Å². The molecule has 6 N–H and O–H groups in total. The Bertz CT molecular complexity index is 1440. The molecule has 0 bridgehead atoms. The highest BCUT2D eigenvalue weighted by Gasteiger charge is 2.12. The fourth-order valence-electron chi connectivity index (χ4n) is 3.27. The highest BCUT2D eigenvalue weighted by atomic mass is 32.1. The number of aromatic hydroxyl groups is 1. The molecule has 0 aliphatic carbocycles. The van der Waals surface area contributed by atoms with Gasteiger partial charge in [-0.15, -0.1) is 22.7 Å². The van der Waals surface area contributed by atoms with Crippen LogP contribution in [0.2, 0.25) is 0 Å². The van der Waals surface area contributed by atoms with Gasteiger partial charge in [0.15, 0.2) is 10.9 Å². The summed E-state index contributed by atoms with van der Waals surface area (Å²) in [5.74, 6) is 6.92. The Morgan fingerprint density at radius 1 is 0.970 bits per heavy atom. The van der Waals surface area contributed by atoms with Crippen LogP contribution in [0.3, 0.4) is 0 Å². The normalized spacial score (nSPS) is 10.8. The predicted octanol–water partition coefficient (Wildman–Crippen LogP) is 5.94. The van der Waals surface area contributed by atoms with Crippen LogP contribution in [-0.4, -0.2) is 20.1 Å². The van der Waals surface area contributed by atoms with Crippen molar-refractivity contribution in [3.8, 4) is 17.0 Å². The third kappa shape index (κ3) is 4.35. The third-order valence-corrected chi connectivity index (χ3v) is 6.55. The van der Waals surface area contributed by atoms with Crippen molar-refractivity contribution in [2.24, 2.45) is 5.84 Å². The van der Waals surface area contributed by atoms with Crippen LogP contribution in [0.25, 0.3) is 27.6 Å². The van der Waals surface area contributed by atoms with E-state index in [2.05, 4.69) is 32.6 Å². The van der Waals surface area contributed by atoms with Gasteiger partial charge in [-0.2, -0.15) is 4.98 Å². The second kappa shape index (κ2) is 8.87. The molecule has 0 saturated carbocycles. The van der Waals surface area contributed by atoms with E-state index < -0.39 is 0 Å². The van der Waals surface area contributed by atoms with Gasteiger partial charge in [-0.3, -0.25) is 11.2 Å². The molecule has 0 atom stereocenters. The number of nitrogen functional groups attached to an aromatic ring is 1. The minimum absolute atomic E-state index is 0.221. The van der Waals surface area contributed by atoms with Gasteiger partial charge in [-0.1, -0.05) is 12.7 Å². The molecular formula is C23H19N7OS2. The smallest absolute Gasteiger partial charge is 0.231 e. The molecule has 0 amide bonds. The average molecular weight is 474 g/mol. The lowest BCUT2D eigenvalue weighted by molar-refractivity contribution is 0.475. The summed E-state index contributed by atoms with van der Waals surface area (Å²) in [6, 6.07) is 14.6. The molecule has 8 nitrogen and oxygen atoms in total. The fraction of sp³-hybridized carbons (Fsp3) is 0. The number of hydrazine groups is 1. The number of benzene rings is 2. The van der Waals surface area contributed by atoms with Gasteiger partial charge in [0.2, 0.25) is 5.95 Å². The number of fused-ring (bicyclic) bond motifs is 1. The molecule has 0 saturated heterocycles. The van der Waals surface area contributed by atoms with Gasteiger partial charge in [0, 0.05) is 22.2 Å². The first-order valence-electron chi connectivity index (χ1n) is 9.90. The Morgan fingerprint density at radius 2 is 1.82 bits per heavy atom. The number of anilines is 5. The van der Waals surface area contributed by atoms with Crippen molar-refractivity contribution in [1.82, 2.24) is 15.0 Å². The quantitative estimate of drug-likeness (QED) is 0.146. The van der Waals surface area contributed by atoms with Crippen molar-refractivity contribution in [3.05, 3.63) is 71.4 Å². The number of hydrogen-bond donors (Lipinski definition) is 5. The van der Waals surface area contributed by atoms with Gasteiger partial charge in [0.05, 0.1) is 21.6 Å². The molecule has 33 heavy (non-hydrogen) atoms. The van der Waals surface area contributed by atoms with Gasteiger partial charge in [-0.05, 0) is 53.9 Å². The Morgan fingerprint density at radius 3 is 2.61 bits per heavy atom. The maximum Gasteiger partial charge on any atom is 0.231 e. The summed E-state index contributed by atoms with van der Waals surface area (Å²) in [4.78, 5) is 14.0. The molecule has 2 aromatic carbocycles. The minimum atomic E-state index is 0.221. The van der Waals surface area contributed by atoms with E-state index in [-0.39, 0.29) is 5.75 Å². The number of phenolic OH excluding ortho intramolecular Hbond substituents is 1.